The number of carbonyl (C=O) groups excluding carboxylic acids is 3. The highest BCUT2D eigenvalue weighted by Crippen LogP contribution is 2.17. The standard InChI is InChI=1S/C32H53N3O5/c1-5-6-7-8-9-10-11-12-13-14-15-19-22-33-29(36)28-25-34(30(37)40-32(2,3)4)23-24-35(28)31(38)39-26-27-20-17-16-18-21-27/h16-18,20-21,28H,5-15,19,22-26H2,1-4H3,(H,33,36). The lowest BCUT2D eigenvalue weighted by atomic mass is 10.1. The monoisotopic (exact) mass is 559 g/mol. The van der Waals surface area contributed by atoms with Gasteiger partial charge in [0.05, 0.1) is 6.54 Å². The second-order valence-corrected chi connectivity index (χ2v) is 11.9. The Morgan fingerprint density at radius 1 is 0.825 bits per heavy atom. The highest BCUT2D eigenvalue weighted by atomic mass is 16.6. The zero-order valence-electron chi connectivity index (χ0n) is 25.4. The molecule has 0 aromatic heterocycles. The van der Waals surface area contributed by atoms with Crippen LogP contribution in [0.25, 0.3) is 0 Å². The smallest absolute Gasteiger partial charge is 0.410 e. The first kappa shape index (κ1) is 33.4. The summed E-state index contributed by atoms with van der Waals surface area (Å²) in [5, 5.41) is 2.99. The molecule has 8 nitrogen and oxygen atoms in total. The summed E-state index contributed by atoms with van der Waals surface area (Å²) in [5.74, 6) is -0.270. The van der Waals surface area contributed by atoms with E-state index in [0.29, 0.717) is 6.54 Å². The van der Waals surface area contributed by atoms with E-state index in [1.165, 1.54) is 74.0 Å². The molecule has 1 N–H and O–H groups in total. The van der Waals surface area contributed by atoms with Gasteiger partial charge in [-0.3, -0.25) is 9.69 Å². The predicted molar refractivity (Wildman–Crippen MR) is 159 cm³/mol. The van der Waals surface area contributed by atoms with Crippen LogP contribution in [0.1, 0.15) is 110 Å². The van der Waals surface area contributed by atoms with Crippen LogP contribution >= 0.6 is 0 Å². The number of hydrogen-bond acceptors (Lipinski definition) is 5. The Hall–Kier alpha value is -2.77. The average Bonchev–Trinajstić information content (AvgIpc) is 2.93. The summed E-state index contributed by atoms with van der Waals surface area (Å²) in [6.45, 7) is 8.88. The van der Waals surface area contributed by atoms with Crippen molar-refractivity contribution in [1.29, 1.82) is 0 Å². The van der Waals surface area contributed by atoms with Crippen LogP contribution in [0.2, 0.25) is 0 Å². The normalized spacial score (nSPS) is 15.6. The van der Waals surface area contributed by atoms with Crippen molar-refractivity contribution in [3.8, 4) is 0 Å². The van der Waals surface area contributed by atoms with Crippen molar-refractivity contribution in [3.63, 3.8) is 0 Å². The first-order chi connectivity index (χ1) is 19.2. The van der Waals surface area contributed by atoms with Gasteiger partial charge in [0.25, 0.3) is 0 Å². The van der Waals surface area contributed by atoms with Gasteiger partial charge in [0.1, 0.15) is 18.2 Å². The Morgan fingerprint density at radius 2 is 1.40 bits per heavy atom. The van der Waals surface area contributed by atoms with E-state index in [4.69, 9.17) is 9.47 Å². The minimum absolute atomic E-state index is 0.0691. The number of amides is 3. The summed E-state index contributed by atoms with van der Waals surface area (Å²) >= 11 is 0. The summed E-state index contributed by atoms with van der Waals surface area (Å²) in [7, 11) is 0. The number of rotatable bonds is 16. The maximum Gasteiger partial charge on any atom is 0.410 e. The maximum absolute atomic E-state index is 13.2. The highest BCUT2D eigenvalue weighted by molar-refractivity contribution is 5.87. The van der Waals surface area contributed by atoms with Crippen molar-refractivity contribution in [2.75, 3.05) is 26.2 Å². The topological polar surface area (TPSA) is 88.2 Å². The Labute approximate surface area is 242 Å². The fraction of sp³-hybridized carbons (Fsp3) is 0.719. The van der Waals surface area contributed by atoms with Gasteiger partial charge in [0, 0.05) is 19.6 Å². The zero-order chi connectivity index (χ0) is 29.2. The molecule has 226 valence electrons. The first-order valence-electron chi connectivity index (χ1n) is 15.4. The van der Waals surface area contributed by atoms with Crippen molar-refractivity contribution < 1.29 is 23.9 Å². The van der Waals surface area contributed by atoms with Crippen LogP contribution < -0.4 is 5.32 Å². The van der Waals surface area contributed by atoms with Crippen LogP contribution in [0, 0.1) is 0 Å². The van der Waals surface area contributed by atoms with E-state index < -0.39 is 23.8 Å². The van der Waals surface area contributed by atoms with E-state index in [1.807, 2.05) is 30.3 Å². The largest absolute Gasteiger partial charge is 0.445 e. The van der Waals surface area contributed by atoms with Gasteiger partial charge in [-0.1, -0.05) is 108 Å². The van der Waals surface area contributed by atoms with Gasteiger partial charge in [0.2, 0.25) is 5.91 Å². The van der Waals surface area contributed by atoms with Crippen LogP contribution in [-0.4, -0.2) is 65.7 Å². The number of hydrogen-bond donors (Lipinski definition) is 1. The summed E-state index contributed by atoms with van der Waals surface area (Å²) in [6, 6.07) is 8.60. The van der Waals surface area contributed by atoms with E-state index in [2.05, 4.69) is 12.2 Å². The molecule has 1 fully saturated rings. The molecular formula is C32H53N3O5. The minimum Gasteiger partial charge on any atom is -0.445 e. The number of piperazine rings is 1. The molecule has 0 aliphatic carbocycles. The third-order valence-electron chi connectivity index (χ3n) is 7.10. The number of nitrogens with zero attached hydrogens (tertiary/aromatic N) is 2. The van der Waals surface area contributed by atoms with E-state index in [-0.39, 0.29) is 32.1 Å². The number of ether oxygens (including phenoxy) is 2. The molecular weight excluding hydrogens is 506 g/mol. The molecule has 1 unspecified atom stereocenters. The Bertz CT molecular complexity index is 871. The lowest BCUT2D eigenvalue weighted by Gasteiger charge is -2.40. The third-order valence-corrected chi connectivity index (χ3v) is 7.10. The molecule has 0 radical (unpaired) electrons. The molecule has 1 atom stereocenters. The molecule has 0 spiro atoms. The molecule has 3 amide bonds. The average molecular weight is 560 g/mol. The van der Waals surface area contributed by atoms with Crippen molar-refractivity contribution in [1.82, 2.24) is 15.1 Å². The van der Waals surface area contributed by atoms with Gasteiger partial charge in [-0.15, -0.1) is 0 Å². The van der Waals surface area contributed by atoms with Crippen molar-refractivity contribution in [2.45, 2.75) is 123 Å². The van der Waals surface area contributed by atoms with E-state index >= 15 is 0 Å². The second kappa shape index (κ2) is 18.6. The Balaban J connectivity index is 1.78. The quantitative estimate of drug-likeness (QED) is 0.219. The SMILES string of the molecule is CCCCCCCCCCCCCCNC(=O)C1CN(C(=O)OC(C)(C)C)CCN1C(=O)OCc1ccccc1. The van der Waals surface area contributed by atoms with Crippen molar-refractivity contribution in [3.05, 3.63) is 35.9 Å². The molecule has 2 rings (SSSR count). The fourth-order valence-corrected chi connectivity index (χ4v) is 4.82. The maximum atomic E-state index is 13.2. The molecule has 1 aromatic carbocycles. The molecule has 1 saturated heterocycles. The van der Waals surface area contributed by atoms with Gasteiger partial charge < -0.3 is 19.7 Å². The zero-order valence-corrected chi connectivity index (χ0v) is 25.4. The van der Waals surface area contributed by atoms with E-state index in [1.54, 1.807) is 20.8 Å². The van der Waals surface area contributed by atoms with Gasteiger partial charge in [-0.05, 0) is 32.8 Å². The predicted octanol–water partition coefficient (Wildman–Crippen LogP) is 7.06. The van der Waals surface area contributed by atoms with Crippen molar-refractivity contribution in [2.24, 2.45) is 0 Å². The Morgan fingerprint density at radius 3 is 1.98 bits per heavy atom. The molecule has 1 aromatic rings. The molecule has 40 heavy (non-hydrogen) atoms. The lowest BCUT2D eigenvalue weighted by Crippen LogP contribution is -2.62. The molecule has 1 aliphatic heterocycles. The molecule has 8 heteroatoms. The number of carbonyl (C=O) groups is 3. The summed E-state index contributed by atoms with van der Waals surface area (Å²) in [6.07, 6.45) is 14.0. The second-order valence-electron chi connectivity index (χ2n) is 11.9. The van der Waals surface area contributed by atoms with Gasteiger partial charge in [-0.25, -0.2) is 9.59 Å². The van der Waals surface area contributed by atoms with Crippen molar-refractivity contribution >= 4 is 18.1 Å². The molecule has 1 aliphatic rings. The van der Waals surface area contributed by atoms with Gasteiger partial charge in [-0.2, -0.15) is 0 Å². The van der Waals surface area contributed by atoms with Crippen LogP contribution in [0.4, 0.5) is 9.59 Å². The fourth-order valence-electron chi connectivity index (χ4n) is 4.82. The van der Waals surface area contributed by atoms with Gasteiger partial charge >= 0.3 is 12.2 Å². The summed E-state index contributed by atoms with van der Waals surface area (Å²) < 4.78 is 11.0. The number of unbranched alkanes of at least 4 members (excludes halogenated alkanes) is 11. The number of benzene rings is 1. The van der Waals surface area contributed by atoms with E-state index in [9.17, 15) is 14.4 Å². The van der Waals surface area contributed by atoms with Crippen LogP contribution in [0.15, 0.2) is 30.3 Å². The van der Waals surface area contributed by atoms with Crippen LogP contribution in [-0.2, 0) is 20.9 Å². The Kier molecular flexibility index (Phi) is 15.5. The van der Waals surface area contributed by atoms with Crippen LogP contribution in [0.5, 0.6) is 0 Å². The first-order valence-corrected chi connectivity index (χ1v) is 15.4. The molecule has 0 bridgehead atoms. The molecule has 1 heterocycles. The lowest BCUT2D eigenvalue weighted by molar-refractivity contribution is -0.128. The molecule has 0 saturated carbocycles. The van der Waals surface area contributed by atoms with Crippen LogP contribution in [0.3, 0.4) is 0 Å². The summed E-state index contributed by atoms with van der Waals surface area (Å²) in [5.41, 5.74) is 0.228. The van der Waals surface area contributed by atoms with Gasteiger partial charge in [0.15, 0.2) is 0 Å². The van der Waals surface area contributed by atoms with E-state index in [0.717, 1.165) is 18.4 Å². The summed E-state index contributed by atoms with van der Waals surface area (Å²) in [4.78, 5) is 41.8. The highest BCUT2D eigenvalue weighted by Gasteiger charge is 2.39. The minimum atomic E-state index is -0.832. The third kappa shape index (κ3) is 13.5. The number of nitrogens with one attached hydrogen (secondary N) is 1.